The third-order valence-electron chi connectivity index (χ3n) is 5.22. The van der Waals surface area contributed by atoms with Crippen LogP contribution in [-0.2, 0) is 9.53 Å². The lowest BCUT2D eigenvalue weighted by Gasteiger charge is -2.36. The van der Waals surface area contributed by atoms with Crippen LogP contribution < -0.4 is 5.32 Å². The molecule has 2 aliphatic heterocycles. The number of nitrogens with one attached hydrogen (secondary N) is 1. The molecule has 2 aromatic rings. The second-order valence-corrected chi connectivity index (χ2v) is 9.85. The van der Waals surface area contributed by atoms with Gasteiger partial charge in [0.1, 0.15) is 5.82 Å². The molecule has 0 spiro atoms. The van der Waals surface area contributed by atoms with Gasteiger partial charge >= 0.3 is 0 Å². The fourth-order valence-electron chi connectivity index (χ4n) is 3.98. The number of ether oxygens (including phenoxy) is 1. The predicted octanol–water partition coefficient (Wildman–Crippen LogP) is 4.86. The minimum absolute atomic E-state index is 0.0355. The quantitative estimate of drug-likeness (QED) is 0.710. The van der Waals surface area contributed by atoms with Crippen LogP contribution in [0.15, 0.2) is 28.7 Å². The third-order valence-corrected chi connectivity index (χ3v) is 7.02. The molecule has 7 heteroatoms. The Hall–Kier alpha value is -1.31. The highest BCUT2D eigenvalue weighted by Crippen LogP contribution is 2.45. The second kappa shape index (κ2) is 7.26. The van der Waals surface area contributed by atoms with Crippen molar-refractivity contribution >= 4 is 39.4 Å². The SMILES string of the molecule is Cc1nn([C@H]2CCOC(C)(C)C2)c2c1[C@@H](c1ccc(Br)cc1)SCC(=O)N2. The number of carbonyl (C=O) groups excluding carboxylic acids is 1. The molecule has 0 bridgehead atoms. The van der Waals surface area contributed by atoms with E-state index in [-0.39, 0.29) is 22.8 Å². The summed E-state index contributed by atoms with van der Waals surface area (Å²) < 4.78 is 8.98. The Balaban J connectivity index is 1.78. The van der Waals surface area contributed by atoms with Crippen LogP contribution in [0.1, 0.15) is 54.8 Å². The van der Waals surface area contributed by atoms with E-state index in [0.717, 1.165) is 34.4 Å². The lowest BCUT2D eigenvalue weighted by molar-refractivity contribution is -0.113. The van der Waals surface area contributed by atoms with E-state index in [0.29, 0.717) is 12.4 Å². The van der Waals surface area contributed by atoms with Crippen molar-refractivity contribution in [1.29, 1.82) is 0 Å². The van der Waals surface area contributed by atoms with E-state index in [1.54, 1.807) is 11.8 Å². The zero-order chi connectivity index (χ0) is 19.2. The summed E-state index contributed by atoms with van der Waals surface area (Å²) in [7, 11) is 0. The Morgan fingerprint density at radius 3 is 2.78 bits per heavy atom. The molecule has 1 fully saturated rings. The van der Waals surface area contributed by atoms with Gasteiger partial charge in [0.25, 0.3) is 0 Å². The molecule has 4 rings (SSSR count). The number of amides is 1. The Labute approximate surface area is 172 Å². The molecule has 1 saturated heterocycles. The predicted molar refractivity (Wildman–Crippen MR) is 112 cm³/mol. The largest absolute Gasteiger partial charge is 0.375 e. The minimum atomic E-state index is -0.176. The first-order valence-corrected chi connectivity index (χ1v) is 11.1. The van der Waals surface area contributed by atoms with E-state index in [2.05, 4.69) is 59.4 Å². The molecule has 2 aliphatic rings. The number of hydrogen-bond donors (Lipinski definition) is 1. The standard InChI is InChI=1S/C20H24BrN3O2S/c1-12-17-18(13-4-6-14(21)7-5-13)27-11-16(25)22-19(17)24(23-12)15-8-9-26-20(2,3)10-15/h4-7,15,18H,8-11H2,1-3H3,(H,22,25)/t15-,18+/m0/s1. The van der Waals surface area contributed by atoms with Crippen LogP contribution in [0.2, 0.25) is 0 Å². The molecular weight excluding hydrogens is 426 g/mol. The van der Waals surface area contributed by atoms with Gasteiger partial charge in [0.2, 0.25) is 5.91 Å². The maximum atomic E-state index is 12.4. The van der Waals surface area contributed by atoms with Gasteiger partial charge in [0, 0.05) is 16.6 Å². The van der Waals surface area contributed by atoms with Gasteiger partial charge in [-0.15, -0.1) is 11.8 Å². The van der Waals surface area contributed by atoms with Gasteiger partial charge in [0.05, 0.1) is 28.3 Å². The fourth-order valence-corrected chi connectivity index (χ4v) is 5.44. The van der Waals surface area contributed by atoms with E-state index in [9.17, 15) is 4.79 Å². The number of carbonyl (C=O) groups is 1. The number of aromatic nitrogens is 2. The van der Waals surface area contributed by atoms with Crippen molar-refractivity contribution in [2.45, 2.75) is 50.5 Å². The van der Waals surface area contributed by atoms with Gasteiger partial charge in [-0.1, -0.05) is 28.1 Å². The van der Waals surface area contributed by atoms with Crippen molar-refractivity contribution in [3.8, 4) is 0 Å². The van der Waals surface area contributed by atoms with E-state index in [1.807, 2.05) is 11.6 Å². The van der Waals surface area contributed by atoms with Gasteiger partial charge in [0.15, 0.2) is 0 Å². The molecule has 2 atom stereocenters. The van der Waals surface area contributed by atoms with E-state index >= 15 is 0 Å². The zero-order valence-corrected chi connectivity index (χ0v) is 18.2. The summed E-state index contributed by atoms with van der Waals surface area (Å²) in [5.74, 6) is 1.33. The first-order valence-electron chi connectivity index (χ1n) is 9.24. The number of rotatable bonds is 2. The average molecular weight is 450 g/mol. The van der Waals surface area contributed by atoms with Gasteiger partial charge in [-0.25, -0.2) is 4.68 Å². The fraction of sp³-hybridized carbons (Fsp3) is 0.500. The van der Waals surface area contributed by atoms with E-state index in [1.165, 1.54) is 5.56 Å². The summed E-state index contributed by atoms with van der Waals surface area (Å²) in [6, 6.07) is 8.57. The molecule has 1 N–H and O–H groups in total. The summed E-state index contributed by atoms with van der Waals surface area (Å²) in [4.78, 5) is 12.4. The van der Waals surface area contributed by atoms with E-state index in [4.69, 9.17) is 9.84 Å². The number of fused-ring (bicyclic) bond motifs is 1. The Morgan fingerprint density at radius 1 is 1.33 bits per heavy atom. The summed E-state index contributed by atoms with van der Waals surface area (Å²) in [5.41, 5.74) is 3.12. The first-order chi connectivity index (χ1) is 12.8. The molecule has 0 saturated carbocycles. The summed E-state index contributed by atoms with van der Waals surface area (Å²) in [5, 5.41) is 8.10. The molecule has 1 amide bonds. The third kappa shape index (κ3) is 3.82. The molecule has 27 heavy (non-hydrogen) atoms. The Kier molecular flexibility index (Phi) is 5.12. The smallest absolute Gasteiger partial charge is 0.235 e. The molecule has 1 aromatic carbocycles. The van der Waals surface area contributed by atoms with Crippen molar-refractivity contribution in [2.24, 2.45) is 0 Å². The number of thioether (sulfide) groups is 1. The van der Waals surface area contributed by atoms with Crippen molar-refractivity contribution in [1.82, 2.24) is 9.78 Å². The lowest BCUT2D eigenvalue weighted by atomic mass is 9.94. The first kappa shape index (κ1) is 19.0. The van der Waals surface area contributed by atoms with Gasteiger partial charge in [-0.3, -0.25) is 4.79 Å². The second-order valence-electron chi connectivity index (χ2n) is 7.84. The average Bonchev–Trinajstić information content (AvgIpc) is 2.81. The molecule has 0 unspecified atom stereocenters. The monoisotopic (exact) mass is 449 g/mol. The maximum Gasteiger partial charge on any atom is 0.235 e. The van der Waals surface area contributed by atoms with E-state index < -0.39 is 0 Å². The van der Waals surface area contributed by atoms with Crippen molar-refractivity contribution < 1.29 is 9.53 Å². The Morgan fingerprint density at radius 2 is 2.07 bits per heavy atom. The minimum Gasteiger partial charge on any atom is -0.375 e. The van der Waals surface area contributed by atoms with Crippen LogP contribution in [0.5, 0.6) is 0 Å². The van der Waals surface area contributed by atoms with Crippen molar-refractivity contribution in [2.75, 3.05) is 17.7 Å². The van der Waals surface area contributed by atoms with Crippen LogP contribution >= 0.6 is 27.7 Å². The molecule has 1 aromatic heterocycles. The van der Waals surface area contributed by atoms with Crippen LogP contribution in [-0.4, -0.2) is 33.6 Å². The lowest BCUT2D eigenvalue weighted by Crippen LogP contribution is -2.36. The molecule has 0 radical (unpaired) electrons. The summed E-state index contributed by atoms with van der Waals surface area (Å²) >= 11 is 5.17. The molecule has 5 nitrogen and oxygen atoms in total. The van der Waals surface area contributed by atoms with Crippen molar-refractivity contribution in [3.63, 3.8) is 0 Å². The Bertz CT molecular complexity index is 863. The van der Waals surface area contributed by atoms with Crippen LogP contribution in [0, 0.1) is 6.92 Å². The van der Waals surface area contributed by atoms with Gasteiger partial charge < -0.3 is 10.1 Å². The van der Waals surface area contributed by atoms with Crippen LogP contribution in [0.4, 0.5) is 5.82 Å². The summed E-state index contributed by atoms with van der Waals surface area (Å²) in [6.07, 6.45) is 1.79. The number of halogens is 1. The van der Waals surface area contributed by atoms with Gasteiger partial charge in [-0.2, -0.15) is 5.10 Å². The molecule has 0 aliphatic carbocycles. The van der Waals surface area contributed by atoms with Crippen molar-refractivity contribution in [3.05, 3.63) is 45.6 Å². The maximum absolute atomic E-state index is 12.4. The number of nitrogens with zero attached hydrogens (tertiary/aromatic N) is 2. The molecule has 3 heterocycles. The van der Waals surface area contributed by atoms with Crippen LogP contribution in [0.25, 0.3) is 0 Å². The highest BCUT2D eigenvalue weighted by atomic mass is 79.9. The summed E-state index contributed by atoms with van der Waals surface area (Å²) in [6.45, 7) is 6.99. The zero-order valence-electron chi connectivity index (χ0n) is 15.8. The van der Waals surface area contributed by atoms with Gasteiger partial charge in [-0.05, 0) is 51.3 Å². The highest BCUT2D eigenvalue weighted by Gasteiger charge is 2.35. The van der Waals surface area contributed by atoms with Crippen LogP contribution in [0.3, 0.4) is 0 Å². The normalized spacial score (nSPS) is 24.8. The topological polar surface area (TPSA) is 56.2 Å². The number of aryl methyl sites for hydroxylation is 1. The number of benzene rings is 1. The highest BCUT2D eigenvalue weighted by molar-refractivity contribution is 9.10. The number of hydrogen-bond acceptors (Lipinski definition) is 4. The number of anilines is 1. The molecular formula is C20H24BrN3O2S. The molecule has 144 valence electrons.